The minimum atomic E-state index is 0.714. The maximum absolute atomic E-state index is 2.42. The number of hydrogen-bond donors (Lipinski definition) is 0. The van der Waals surface area contributed by atoms with Gasteiger partial charge >= 0.3 is 0 Å². The molecule has 3 rings (SSSR count). The van der Waals surface area contributed by atoms with Gasteiger partial charge in [0.25, 0.3) is 0 Å². The van der Waals surface area contributed by atoms with Crippen molar-refractivity contribution < 1.29 is 0 Å². The lowest BCUT2D eigenvalue weighted by atomic mass is 9.89. The third-order valence-electron chi connectivity index (χ3n) is 3.60. The van der Waals surface area contributed by atoms with Crippen LogP contribution in [-0.4, -0.2) is 0 Å². The van der Waals surface area contributed by atoms with Crippen LogP contribution >= 0.6 is 0 Å². The van der Waals surface area contributed by atoms with Crippen LogP contribution in [0.2, 0.25) is 0 Å². The molecule has 0 nitrogen and oxygen atoms in total. The molecule has 2 aliphatic rings. The average molecular weight is 196 g/mol. The molecule has 0 aromatic heterocycles. The Bertz CT molecular complexity index is 423. The molecule has 0 saturated carbocycles. The van der Waals surface area contributed by atoms with E-state index in [-0.39, 0.29) is 0 Å². The number of hydrogen-bond acceptors (Lipinski definition) is 0. The Hall–Kier alpha value is -1.30. The topological polar surface area (TPSA) is 0 Å². The summed E-state index contributed by atoms with van der Waals surface area (Å²) in [4.78, 5) is 0. The molecular weight excluding hydrogens is 180 g/mol. The summed E-state index contributed by atoms with van der Waals surface area (Å²) in [5.74, 6) is 0.714. The maximum atomic E-state index is 2.42. The summed E-state index contributed by atoms with van der Waals surface area (Å²) < 4.78 is 0. The first-order valence-electron chi connectivity index (χ1n) is 5.86. The fraction of sp³-hybridized carbons (Fsp3) is 0.333. The van der Waals surface area contributed by atoms with Crippen LogP contribution < -0.4 is 0 Å². The molecule has 0 fully saturated rings. The van der Waals surface area contributed by atoms with Gasteiger partial charge in [0.15, 0.2) is 0 Å². The van der Waals surface area contributed by atoms with Crippen LogP contribution in [-0.2, 0) is 12.8 Å². The highest BCUT2D eigenvalue weighted by Crippen LogP contribution is 2.31. The molecule has 76 valence electrons. The molecule has 2 aliphatic carbocycles. The smallest absolute Gasteiger partial charge is 0.00166 e. The van der Waals surface area contributed by atoms with Crippen molar-refractivity contribution in [3.8, 4) is 0 Å². The van der Waals surface area contributed by atoms with Gasteiger partial charge in [-0.2, -0.15) is 0 Å². The van der Waals surface area contributed by atoms with E-state index < -0.39 is 0 Å². The summed E-state index contributed by atoms with van der Waals surface area (Å²) in [6.07, 6.45) is 12.0. The summed E-state index contributed by atoms with van der Waals surface area (Å²) in [5.41, 5.74) is 4.74. The molecule has 1 atom stereocenters. The zero-order chi connectivity index (χ0) is 10.1. The zero-order valence-electron chi connectivity index (χ0n) is 8.95. The molecule has 0 bridgehead atoms. The molecule has 0 amide bonds. The van der Waals surface area contributed by atoms with Crippen LogP contribution in [0.5, 0.6) is 0 Å². The summed E-state index contributed by atoms with van der Waals surface area (Å²) in [5, 5.41) is 0. The summed E-state index contributed by atoms with van der Waals surface area (Å²) >= 11 is 0. The van der Waals surface area contributed by atoms with Crippen molar-refractivity contribution in [2.45, 2.75) is 25.7 Å². The maximum Gasteiger partial charge on any atom is -0.00166 e. The van der Waals surface area contributed by atoms with Gasteiger partial charge in [0, 0.05) is 0 Å². The van der Waals surface area contributed by atoms with E-state index in [9.17, 15) is 0 Å². The van der Waals surface area contributed by atoms with Gasteiger partial charge < -0.3 is 0 Å². The molecule has 0 unspecified atom stereocenters. The van der Waals surface area contributed by atoms with Crippen LogP contribution in [0.3, 0.4) is 0 Å². The van der Waals surface area contributed by atoms with Crippen molar-refractivity contribution in [3.63, 3.8) is 0 Å². The van der Waals surface area contributed by atoms with E-state index in [1.54, 1.807) is 16.7 Å². The van der Waals surface area contributed by atoms with Crippen molar-refractivity contribution in [2.24, 2.45) is 5.92 Å². The minimum Gasteiger partial charge on any atom is -0.0841 e. The first kappa shape index (κ1) is 8.96. The molecule has 0 N–H and O–H groups in total. The molecular formula is C15H16. The lowest BCUT2D eigenvalue weighted by Gasteiger charge is -2.16. The second-order valence-corrected chi connectivity index (χ2v) is 4.53. The lowest BCUT2D eigenvalue weighted by molar-refractivity contribution is 0.667. The minimum absolute atomic E-state index is 0.714. The van der Waals surface area contributed by atoms with Gasteiger partial charge in [-0.3, -0.25) is 0 Å². The van der Waals surface area contributed by atoms with Crippen LogP contribution in [0, 0.1) is 5.92 Å². The molecule has 0 heterocycles. The molecule has 0 saturated heterocycles. The van der Waals surface area contributed by atoms with Crippen molar-refractivity contribution in [1.82, 2.24) is 0 Å². The number of fused-ring (bicyclic) bond motifs is 2. The number of rotatable bonds is 0. The van der Waals surface area contributed by atoms with Crippen LogP contribution in [0.1, 0.15) is 24.0 Å². The second kappa shape index (κ2) is 3.69. The van der Waals surface area contributed by atoms with E-state index in [0.717, 1.165) is 6.42 Å². The highest BCUT2D eigenvalue weighted by Gasteiger charge is 2.19. The number of allylic oxidation sites excluding steroid dienone is 4. The second-order valence-electron chi connectivity index (χ2n) is 4.53. The van der Waals surface area contributed by atoms with Gasteiger partial charge in [-0.1, -0.05) is 48.1 Å². The third kappa shape index (κ3) is 1.65. The quantitative estimate of drug-likeness (QED) is 0.555. The molecule has 0 aliphatic heterocycles. The highest BCUT2D eigenvalue weighted by atomic mass is 14.2. The van der Waals surface area contributed by atoms with Gasteiger partial charge in [0.1, 0.15) is 0 Å². The van der Waals surface area contributed by atoms with Crippen molar-refractivity contribution in [1.29, 1.82) is 0 Å². The van der Waals surface area contributed by atoms with Gasteiger partial charge in [0.2, 0.25) is 0 Å². The fourth-order valence-electron chi connectivity index (χ4n) is 2.73. The Morgan fingerprint density at radius 3 is 2.87 bits per heavy atom. The average Bonchev–Trinajstić information content (AvgIpc) is 2.48. The standard InChI is InChI=1S/C15H16/c1-3-7-14-11-15-8-4-2-6-13(15)10-9-12(14)5-1/h1-3,5-8,13H,4,9-11H2/t13-/m1/s1. The zero-order valence-corrected chi connectivity index (χ0v) is 8.95. The normalized spacial score (nSPS) is 23.7. The van der Waals surface area contributed by atoms with E-state index >= 15 is 0 Å². The molecule has 1 aromatic carbocycles. The lowest BCUT2D eigenvalue weighted by Crippen LogP contribution is -2.04. The fourth-order valence-corrected chi connectivity index (χ4v) is 2.73. The summed E-state index contributed by atoms with van der Waals surface area (Å²) in [6, 6.07) is 8.91. The van der Waals surface area contributed by atoms with E-state index in [0.29, 0.717) is 5.92 Å². The number of benzene rings is 1. The van der Waals surface area contributed by atoms with E-state index in [1.165, 1.54) is 19.3 Å². The molecule has 0 radical (unpaired) electrons. The summed E-state index contributed by atoms with van der Waals surface area (Å²) in [7, 11) is 0. The Morgan fingerprint density at radius 2 is 1.93 bits per heavy atom. The first-order valence-corrected chi connectivity index (χ1v) is 5.86. The molecule has 0 heteroatoms. The predicted octanol–water partition coefficient (Wildman–Crippen LogP) is 3.68. The summed E-state index contributed by atoms with van der Waals surface area (Å²) in [6.45, 7) is 0. The Kier molecular flexibility index (Phi) is 2.21. The van der Waals surface area contributed by atoms with Crippen LogP contribution in [0.4, 0.5) is 0 Å². The SMILES string of the molecule is C1=C[C@@H]2CCc3ccccc3CC2=CC1. The van der Waals surface area contributed by atoms with Crippen LogP contribution in [0.15, 0.2) is 48.1 Å². The van der Waals surface area contributed by atoms with Gasteiger partial charge in [-0.15, -0.1) is 0 Å². The Labute approximate surface area is 91.3 Å². The van der Waals surface area contributed by atoms with Crippen molar-refractivity contribution in [3.05, 3.63) is 59.2 Å². The van der Waals surface area contributed by atoms with Gasteiger partial charge in [-0.05, 0) is 42.7 Å². The van der Waals surface area contributed by atoms with Crippen LogP contribution in [0.25, 0.3) is 0 Å². The molecule has 15 heavy (non-hydrogen) atoms. The Morgan fingerprint density at radius 1 is 1.07 bits per heavy atom. The van der Waals surface area contributed by atoms with Gasteiger partial charge in [-0.25, -0.2) is 0 Å². The van der Waals surface area contributed by atoms with E-state index in [1.807, 2.05) is 0 Å². The predicted molar refractivity (Wildman–Crippen MR) is 63.8 cm³/mol. The van der Waals surface area contributed by atoms with E-state index in [4.69, 9.17) is 0 Å². The van der Waals surface area contributed by atoms with Gasteiger partial charge in [0.05, 0.1) is 0 Å². The first-order chi connectivity index (χ1) is 7.43. The number of aryl methyl sites for hydroxylation is 1. The van der Waals surface area contributed by atoms with Crippen molar-refractivity contribution in [2.75, 3.05) is 0 Å². The molecule has 0 spiro atoms. The third-order valence-corrected chi connectivity index (χ3v) is 3.60. The monoisotopic (exact) mass is 196 g/mol. The largest absolute Gasteiger partial charge is 0.0841 e. The Balaban J connectivity index is 1.99. The van der Waals surface area contributed by atoms with Crippen molar-refractivity contribution >= 4 is 0 Å². The molecule has 1 aromatic rings. The highest BCUT2D eigenvalue weighted by molar-refractivity contribution is 5.36. The van der Waals surface area contributed by atoms with E-state index in [2.05, 4.69) is 42.5 Å².